The number of allylic oxidation sites excluding steroid dienone is 2. The Labute approximate surface area is 178 Å². The van der Waals surface area contributed by atoms with E-state index in [1.807, 2.05) is 18.2 Å². The number of rotatable bonds is 5. The summed E-state index contributed by atoms with van der Waals surface area (Å²) in [6.45, 7) is 0. The molecule has 1 aliphatic rings. The van der Waals surface area contributed by atoms with E-state index in [1.54, 1.807) is 59.8 Å². The number of pyridine rings is 1. The molecule has 0 fully saturated rings. The van der Waals surface area contributed by atoms with Crippen molar-refractivity contribution in [2.24, 2.45) is 0 Å². The molecule has 150 valence electrons. The molecule has 0 N–H and O–H groups in total. The number of benzene rings is 2. The molecule has 2 aromatic carbocycles. The Morgan fingerprint density at radius 1 is 1.10 bits per heavy atom. The molecule has 31 heavy (non-hydrogen) atoms. The molecule has 0 amide bonds. The fourth-order valence-corrected chi connectivity index (χ4v) is 3.55. The Hall–Kier alpha value is -4.57. The van der Waals surface area contributed by atoms with Gasteiger partial charge in [0, 0.05) is 35.8 Å². The van der Waals surface area contributed by atoms with Gasteiger partial charge in [0.2, 0.25) is 0 Å². The van der Waals surface area contributed by atoms with Crippen molar-refractivity contribution < 1.29 is 9.72 Å². The molecular formula is C24H16N4O3. The van der Waals surface area contributed by atoms with Crippen LogP contribution in [0.4, 0.5) is 11.4 Å². The predicted molar refractivity (Wildman–Crippen MR) is 117 cm³/mol. The van der Waals surface area contributed by atoms with Gasteiger partial charge in [-0.3, -0.25) is 15.1 Å². The Morgan fingerprint density at radius 2 is 1.90 bits per heavy atom. The van der Waals surface area contributed by atoms with E-state index < -0.39 is 11.0 Å². The SMILES string of the molecule is N#Cc1ccccc1C1=CC(c2ccccn2)=CN(c2cccc([N+](=O)[O-])c2)C1C=O. The second kappa shape index (κ2) is 8.43. The number of nitriles is 1. The van der Waals surface area contributed by atoms with E-state index in [0.717, 1.165) is 6.29 Å². The van der Waals surface area contributed by atoms with Crippen LogP contribution in [0.5, 0.6) is 0 Å². The summed E-state index contributed by atoms with van der Waals surface area (Å²) >= 11 is 0. The molecule has 1 unspecified atom stereocenters. The molecular weight excluding hydrogens is 392 g/mol. The smallest absolute Gasteiger partial charge is 0.271 e. The first kappa shape index (κ1) is 19.7. The Morgan fingerprint density at radius 3 is 2.61 bits per heavy atom. The number of aromatic nitrogens is 1. The summed E-state index contributed by atoms with van der Waals surface area (Å²) in [5, 5.41) is 20.9. The van der Waals surface area contributed by atoms with Crippen LogP contribution in [-0.4, -0.2) is 22.2 Å². The molecule has 0 aliphatic carbocycles. The second-order valence-corrected chi connectivity index (χ2v) is 6.82. The average molecular weight is 408 g/mol. The monoisotopic (exact) mass is 408 g/mol. The largest absolute Gasteiger partial charge is 0.333 e. The summed E-state index contributed by atoms with van der Waals surface area (Å²) in [4.78, 5) is 29.1. The highest BCUT2D eigenvalue weighted by Gasteiger charge is 2.29. The summed E-state index contributed by atoms with van der Waals surface area (Å²) in [7, 11) is 0. The van der Waals surface area contributed by atoms with Crippen LogP contribution in [0.1, 0.15) is 16.8 Å². The summed E-state index contributed by atoms with van der Waals surface area (Å²) in [6, 6.07) is 20.0. The van der Waals surface area contributed by atoms with Gasteiger partial charge in [-0.05, 0) is 41.5 Å². The van der Waals surface area contributed by atoms with E-state index in [1.165, 1.54) is 12.1 Å². The van der Waals surface area contributed by atoms with Gasteiger partial charge in [-0.25, -0.2) is 0 Å². The highest BCUT2D eigenvalue weighted by Crippen LogP contribution is 2.36. The number of nitro groups is 1. The average Bonchev–Trinajstić information content (AvgIpc) is 2.83. The maximum absolute atomic E-state index is 12.2. The van der Waals surface area contributed by atoms with E-state index in [0.29, 0.717) is 33.7 Å². The molecule has 0 bridgehead atoms. The molecule has 0 saturated heterocycles. The number of nitro benzene ring substituents is 1. The Kier molecular flexibility index (Phi) is 5.37. The van der Waals surface area contributed by atoms with Crippen molar-refractivity contribution in [2.75, 3.05) is 4.90 Å². The van der Waals surface area contributed by atoms with Gasteiger partial charge in [0.1, 0.15) is 12.3 Å². The molecule has 7 nitrogen and oxygen atoms in total. The zero-order chi connectivity index (χ0) is 21.8. The first-order valence-electron chi connectivity index (χ1n) is 9.45. The lowest BCUT2D eigenvalue weighted by Gasteiger charge is -2.33. The zero-order valence-electron chi connectivity index (χ0n) is 16.3. The van der Waals surface area contributed by atoms with Crippen LogP contribution in [0.2, 0.25) is 0 Å². The molecule has 1 atom stereocenters. The Balaban J connectivity index is 1.93. The highest BCUT2D eigenvalue weighted by atomic mass is 16.6. The van der Waals surface area contributed by atoms with Crippen molar-refractivity contribution >= 4 is 28.8 Å². The lowest BCUT2D eigenvalue weighted by Crippen LogP contribution is -2.36. The molecule has 4 rings (SSSR count). The number of carbonyl (C=O) groups excluding carboxylic acids is 1. The third-order valence-corrected chi connectivity index (χ3v) is 4.99. The van der Waals surface area contributed by atoms with Crippen molar-refractivity contribution in [3.63, 3.8) is 0 Å². The van der Waals surface area contributed by atoms with Crippen LogP contribution in [-0.2, 0) is 4.79 Å². The van der Waals surface area contributed by atoms with E-state index in [9.17, 15) is 20.2 Å². The number of hydrogen-bond acceptors (Lipinski definition) is 6. The normalized spacial score (nSPS) is 15.5. The van der Waals surface area contributed by atoms with Crippen molar-refractivity contribution in [2.45, 2.75) is 6.04 Å². The minimum absolute atomic E-state index is 0.0801. The van der Waals surface area contributed by atoms with Gasteiger partial charge >= 0.3 is 0 Å². The molecule has 1 aliphatic heterocycles. The minimum atomic E-state index is -0.774. The highest BCUT2D eigenvalue weighted by molar-refractivity contribution is 5.99. The van der Waals surface area contributed by atoms with Crippen LogP contribution in [0.15, 0.2) is 85.2 Å². The van der Waals surface area contributed by atoms with Crippen LogP contribution < -0.4 is 4.90 Å². The number of anilines is 1. The molecule has 2 heterocycles. The van der Waals surface area contributed by atoms with E-state index in [2.05, 4.69) is 11.1 Å². The fourth-order valence-electron chi connectivity index (χ4n) is 3.55. The molecule has 3 aromatic rings. The Bertz CT molecular complexity index is 1260. The first-order valence-corrected chi connectivity index (χ1v) is 9.45. The van der Waals surface area contributed by atoms with Gasteiger partial charge in [0.05, 0.1) is 22.2 Å². The van der Waals surface area contributed by atoms with Crippen molar-refractivity contribution in [3.8, 4) is 6.07 Å². The van der Waals surface area contributed by atoms with E-state index in [-0.39, 0.29) is 5.69 Å². The van der Waals surface area contributed by atoms with Crippen molar-refractivity contribution in [1.29, 1.82) is 5.26 Å². The number of carbonyl (C=O) groups is 1. The standard InChI is InChI=1S/C24H16N4O3/c25-14-17-6-1-2-9-21(17)22-12-18(23-10-3-4-11-26-23)15-27(24(22)16-29)19-7-5-8-20(13-19)28(30)31/h1-13,15-16,24H. The van der Waals surface area contributed by atoms with Crippen LogP contribution in [0.25, 0.3) is 11.1 Å². The molecule has 0 radical (unpaired) electrons. The lowest BCUT2D eigenvalue weighted by atomic mass is 9.89. The number of aldehydes is 1. The summed E-state index contributed by atoms with van der Waals surface area (Å²) in [5.41, 5.74) is 3.47. The molecule has 7 heteroatoms. The van der Waals surface area contributed by atoms with Gasteiger partial charge in [-0.2, -0.15) is 5.26 Å². The van der Waals surface area contributed by atoms with Gasteiger partial charge in [0.15, 0.2) is 0 Å². The van der Waals surface area contributed by atoms with E-state index in [4.69, 9.17) is 0 Å². The fraction of sp³-hybridized carbons (Fsp3) is 0.0417. The minimum Gasteiger partial charge on any atom is -0.333 e. The molecule has 1 aromatic heterocycles. The second-order valence-electron chi connectivity index (χ2n) is 6.82. The van der Waals surface area contributed by atoms with Gasteiger partial charge in [-0.15, -0.1) is 0 Å². The van der Waals surface area contributed by atoms with Gasteiger partial charge < -0.3 is 9.69 Å². The first-order chi connectivity index (χ1) is 15.1. The number of nitrogens with zero attached hydrogens (tertiary/aromatic N) is 4. The summed E-state index contributed by atoms with van der Waals surface area (Å²) in [5.74, 6) is 0. The topological polar surface area (TPSA) is 100 Å². The van der Waals surface area contributed by atoms with Crippen molar-refractivity contribution in [1.82, 2.24) is 4.98 Å². The third-order valence-electron chi connectivity index (χ3n) is 4.99. The maximum Gasteiger partial charge on any atom is 0.271 e. The quantitative estimate of drug-likeness (QED) is 0.353. The lowest BCUT2D eigenvalue weighted by molar-refractivity contribution is -0.384. The molecule has 0 saturated carbocycles. The van der Waals surface area contributed by atoms with Crippen LogP contribution >= 0.6 is 0 Å². The van der Waals surface area contributed by atoms with E-state index >= 15 is 0 Å². The zero-order valence-corrected chi connectivity index (χ0v) is 16.3. The van der Waals surface area contributed by atoms with Crippen molar-refractivity contribution in [3.05, 3.63) is 112 Å². The van der Waals surface area contributed by atoms with Crippen LogP contribution in [0.3, 0.4) is 0 Å². The predicted octanol–water partition coefficient (Wildman–Crippen LogP) is 4.37. The summed E-state index contributed by atoms with van der Waals surface area (Å²) in [6.07, 6.45) is 6.02. The molecule has 0 spiro atoms. The van der Waals surface area contributed by atoms with Gasteiger partial charge in [0.25, 0.3) is 5.69 Å². The van der Waals surface area contributed by atoms with Gasteiger partial charge in [-0.1, -0.05) is 30.3 Å². The summed E-state index contributed by atoms with van der Waals surface area (Å²) < 4.78 is 0. The van der Waals surface area contributed by atoms with Crippen LogP contribution in [0, 0.1) is 21.4 Å². The maximum atomic E-state index is 12.2. The number of hydrogen-bond donors (Lipinski definition) is 0. The third kappa shape index (κ3) is 3.82. The number of non-ortho nitro benzene ring substituents is 1.